The molecule has 2 fully saturated rings. The molecule has 0 radical (unpaired) electrons. The fourth-order valence-electron chi connectivity index (χ4n) is 5.24. The Balaban J connectivity index is 1.28. The lowest BCUT2D eigenvalue weighted by atomic mass is 9.77. The minimum absolute atomic E-state index is 0.0423. The highest BCUT2D eigenvalue weighted by molar-refractivity contribution is 7.80. The van der Waals surface area contributed by atoms with E-state index in [0.29, 0.717) is 24.8 Å². The Morgan fingerprint density at radius 1 is 1.06 bits per heavy atom. The molecular weight excluding hydrogens is 460 g/mol. The first-order valence-electron chi connectivity index (χ1n) is 12.4. The Morgan fingerprint density at radius 3 is 2.60 bits per heavy atom. The number of fused-ring (bicyclic) bond motifs is 2. The van der Waals surface area contributed by atoms with Crippen molar-refractivity contribution in [1.82, 2.24) is 5.32 Å². The van der Waals surface area contributed by atoms with E-state index < -0.39 is 5.97 Å². The Labute approximate surface area is 212 Å². The van der Waals surface area contributed by atoms with Gasteiger partial charge < -0.3 is 20.5 Å². The molecule has 4 atom stereocenters. The van der Waals surface area contributed by atoms with Crippen LogP contribution in [0.4, 0.5) is 5.69 Å². The van der Waals surface area contributed by atoms with Crippen molar-refractivity contribution in [3.05, 3.63) is 60.7 Å². The molecule has 2 aromatic rings. The number of benzene rings is 2. The van der Waals surface area contributed by atoms with Crippen molar-refractivity contribution in [2.24, 2.45) is 11.8 Å². The first-order valence-corrected chi connectivity index (χ1v) is 12.9. The predicted octanol–water partition coefficient (Wildman–Crippen LogP) is 5.17. The van der Waals surface area contributed by atoms with Crippen molar-refractivity contribution in [3.8, 4) is 11.1 Å². The van der Waals surface area contributed by atoms with Crippen molar-refractivity contribution in [3.63, 3.8) is 0 Å². The summed E-state index contributed by atoms with van der Waals surface area (Å²) in [6, 6.07) is 16.0. The van der Waals surface area contributed by atoms with Crippen LogP contribution in [0, 0.1) is 11.8 Å². The summed E-state index contributed by atoms with van der Waals surface area (Å²) < 4.78 is 6.16. The minimum atomic E-state index is -0.750. The van der Waals surface area contributed by atoms with E-state index in [9.17, 15) is 9.59 Å². The maximum absolute atomic E-state index is 12.7. The van der Waals surface area contributed by atoms with Crippen molar-refractivity contribution >= 4 is 30.2 Å². The van der Waals surface area contributed by atoms with Crippen LogP contribution < -0.4 is 10.6 Å². The van der Waals surface area contributed by atoms with Crippen LogP contribution in [-0.4, -0.2) is 42.3 Å². The fraction of sp³-hybridized carbons (Fsp3) is 0.429. The number of aliphatic carboxylic acids is 1. The van der Waals surface area contributed by atoms with Crippen LogP contribution in [0.5, 0.6) is 0 Å². The van der Waals surface area contributed by atoms with Gasteiger partial charge in [-0.1, -0.05) is 48.6 Å². The number of ether oxygens (including phenoxy) is 1. The van der Waals surface area contributed by atoms with Gasteiger partial charge in [-0.05, 0) is 55.7 Å². The number of thiol groups is 1. The quantitative estimate of drug-likeness (QED) is 0.186. The summed E-state index contributed by atoms with van der Waals surface area (Å²) in [5.74, 6) is -0.0931. The van der Waals surface area contributed by atoms with E-state index in [0.717, 1.165) is 47.4 Å². The largest absolute Gasteiger partial charge is 0.481 e. The van der Waals surface area contributed by atoms with Crippen molar-refractivity contribution in [1.29, 1.82) is 0 Å². The first-order chi connectivity index (χ1) is 17.0. The number of hydrogen-bond acceptors (Lipinski definition) is 5. The third-order valence-electron chi connectivity index (χ3n) is 6.99. The molecule has 0 unspecified atom stereocenters. The smallest absolute Gasteiger partial charge is 0.303 e. The fourth-order valence-corrected chi connectivity index (χ4v) is 5.44. The molecule has 2 heterocycles. The second-order valence-corrected chi connectivity index (χ2v) is 9.88. The van der Waals surface area contributed by atoms with E-state index >= 15 is 0 Å². The standard InChI is InChI=1S/C28H34N2O4S/c31-27(18-29-24-16-20(35)12-13-21(24)19-8-4-3-5-9-19)30-17-23-22(25-14-15-26(23)34-25)10-6-1-2-7-11-28(32)33/h1,3-6,8-9,12-13,16,22-23,25-26,29,35H,2,7,10-11,14-15,17-18H2,(H,30,31)(H,32,33)/t22-,23+,25-,26+/m1/s1. The van der Waals surface area contributed by atoms with Gasteiger partial charge in [0.2, 0.25) is 5.91 Å². The summed E-state index contributed by atoms with van der Waals surface area (Å²) >= 11 is 4.46. The number of unbranched alkanes of at least 4 members (excludes halogenated alkanes) is 1. The zero-order chi connectivity index (χ0) is 24.6. The maximum Gasteiger partial charge on any atom is 0.303 e. The van der Waals surface area contributed by atoms with Crippen molar-refractivity contribution in [2.45, 2.75) is 55.6 Å². The van der Waals surface area contributed by atoms with Gasteiger partial charge in [0.1, 0.15) is 0 Å². The maximum atomic E-state index is 12.7. The third-order valence-corrected chi connectivity index (χ3v) is 7.27. The lowest BCUT2D eigenvalue weighted by molar-refractivity contribution is -0.137. The van der Waals surface area contributed by atoms with Crippen LogP contribution in [0.1, 0.15) is 38.5 Å². The molecule has 186 valence electrons. The molecule has 7 heteroatoms. The molecule has 1 amide bonds. The number of carboxylic acid groups (broad SMARTS) is 1. The van der Waals surface area contributed by atoms with Crippen LogP contribution in [0.3, 0.4) is 0 Å². The van der Waals surface area contributed by atoms with Crippen LogP contribution in [0.15, 0.2) is 65.6 Å². The van der Waals surface area contributed by atoms with Gasteiger partial charge in [0, 0.05) is 35.0 Å². The molecule has 2 aliphatic rings. The van der Waals surface area contributed by atoms with Gasteiger partial charge in [0.05, 0.1) is 18.8 Å². The van der Waals surface area contributed by atoms with Crippen LogP contribution in [0.25, 0.3) is 11.1 Å². The molecule has 0 aromatic heterocycles. The zero-order valence-electron chi connectivity index (χ0n) is 19.9. The van der Waals surface area contributed by atoms with Crippen LogP contribution >= 0.6 is 12.6 Å². The second-order valence-electron chi connectivity index (χ2n) is 9.36. The Bertz CT molecular complexity index is 1040. The highest BCUT2D eigenvalue weighted by Crippen LogP contribution is 2.44. The number of hydrogen-bond donors (Lipinski definition) is 4. The lowest BCUT2D eigenvalue weighted by Crippen LogP contribution is -2.40. The van der Waals surface area contributed by atoms with E-state index in [1.54, 1.807) is 0 Å². The van der Waals surface area contributed by atoms with E-state index in [4.69, 9.17) is 9.84 Å². The number of rotatable bonds is 12. The molecule has 2 saturated heterocycles. The highest BCUT2D eigenvalue weighted by atomic mass is 32.1. The van der Waals surface area contributed by atoms with Gasteiger partial charge in [0.15, 0.2) is 0 Å². The van der Waals surface area contributed by atoms with E-state index in [-0.39, 0.29) is 31.1 Å². The SMILES string of the molecule is O=C(O)CCCC=CC[C@@H]1[C@H](CNC(=O)CNc2cc(S)ccc2-c2ccccc2)[C@@H]2CC[C@H]1O2. The summed E-state index contributed by atoms with van der Waals surface area (Å²) in [5.41, 5.74) is 3.00. The Kier molecular flexibility index (Phi) is 8.88. The summed E-state index contributed by atoms with van der Waals surface area (Å²) in [6.07, 6.45) is 9.38. The number of nitrogens with one attached hydrogen (secondary N) is 2. The molecule has 2 aromatic carbocycles. The Hall–Kier alpha value is -2.77. The summed E-state index contributed by atoms with van der Waals surface area (Å²) in [4.78, 5) is 24.2. The van der Waals surface area contributed by atoms with Crippen LogP contribution in [0.2, 0.25) is 0 Å². The molecule has 0 aliphatic carbocycles. The van der Waals surface area contributed by atoms with Gasteiger partial charge in [0.25, 0.3) is 0 Å². The molecule has 4 rings (SSSR count). The number of carbonyl (C=O) groups is 2. The molecule has 3 N–H and O–H groups in total. The Morgan fingerprint density at radius 2 is 1.83 bits per heavy atom. The lowest BCUT2D eigenvalue weighted by Gasteiger charge is -2.27. The topological polar surface area (TPSA) is 87.7 Å². The first kappa shape index (κ1) is 25.3. The van der Waals surface area contributed by atoms with Gasteiger partial charge in [-0.3, -0.25) is 9.59 Å². The molecule has 0 spiro atoms. The van der Waals surface area contributed by atoms with Gasteiger partial charge in [-0.25, -0.2) is 0 Å². The van der Waals surface area contributed by atoms with E-state index in [2.05, 4.69) is 47.5 Å². The number of allylic oxidation sites excluding steroid dienone is 2. The number of carboxylic acids is 1. The summed E-state index contributed by atoms with van der Waals surface area (Å²) in [7, 11) is 0. The third kappa shape index (κ3) is 6.89. The number of amides is 1. The predicted molar refractivity (Wildman–Crippen MR) is 141 cm³/mol. The molecule has 2 bridgehead atoms. The molecular formula is C28H34N2O4S. The minimum Gasteiger partial charge on any atom is -0.481 e. The zero-order valence-corrected chi connectivity index (χ0v) is 20.8. The van der Waals surface area contributed by atoms with Crippen LogP contribution in [-0.2, 0) is 14.3 Å². The normalized spacial score (nSPS) is 23.0. The number of anilines is 1. The molecule has 0 saturated carbocycles. The average Bonchev–Trinajstić information content (AvgIpc) is 3.46. The highest BCUT2D eigenvalue weighted by Gasteiger charge is 2.47. The van der Waals surface area contributed by atoms with Crippen molar-refractivity contribution in [2.75, 3.05) is 18.4 Å². The van der Waals surface area contributed by atoms with E-state index in [1.807, 2.05) is 36.4 Å². The van der Waals surface area contributed by atoms with Crippen molar-refractivity contribution < 1.29 is 19.4 Å². The van der Waals surface area contributed by atoms with Gasteiger partial charge >= 0.3 is 5.97 Å². The van der Waals surface area contributed by atoms with E-state index in [1.165, 1.54) is 0 Å². The van der Waals surface area contributed by atoms with Gasteiger partial charge in [-0.15, -0.1) is 12.6 Å². The second kappa shape index (κ2) is 12.3. The molecule has 2 aliphatic heterocycles. The summed E-state index contributed by atoms with van der Waals surface area (Å²) in [5, 5.41) is 15.2. The molecule has 6 nitrogen and oxygen atoms in total. The summed E-state index contributed by atoms with van der Waals surface area (Å²) in [6.45, 7) is 0.796. The average molecular weight is 495 g/mol. The molecule has 35 heavy (non-hydrogen) atoms. The number of carbonyl (C=O) groups excluding carboxylic acids is 1. The van der Waals surface area contributed by atoms with Gasteiger partial charge in [-0.2, -0.15) is 0 Å². The monoisotopic (exact) mass is 494 g/mol.